The molecule has 0 spiro atoms. The Balaban J connectivity index is 2.31. The van der Waals surface area contributed by atoms with Crippen LogP contribution in [0.3, 0.4) is 0 Å². The first-order chi connectivity index (χ1) is 16.4. The van der Waals surface area contributed by atoms with Crippen molar-refractivity contribution in [2.75, 3.05) is 86.6 Å². The smallest absolute Gasteiger partial charge is 0.249 e. The third-order valence-corrected chi connectivity index (χ3v) is 4.77. The second-order valence-corrected chi connectivity index (χ2v) is 7.35. The molecule has 0 aromatic heterocycles. The summed E-state index contributed by atoms with van der Waals surface area (Å²) in [4.78, 5) is 62.1. The zero-order valence-electron chi connectivity index (χ0n) is 20.0. The highest BCUT2D eigenvalue weighted by atomic mass is 16.5. The van der Waals surface area contributed by atoms with Crippen LogP contribution in [0, 0.1) is 0 Å². The van der Waals surface area contributed by atoms with Crippen LogP contribution in [0.2, 0.25) is 0 Å². The van der Waals surface area contributed by atoms with E-state index in [-0.39, 0.29) is 95.4 Å². The van der Waals surface area contributed by atoms with Crippen molar-refractivity contribution in [3.05, 3.63) is 0 Å². The van der Waals surface area contributed by atoms with Crippen molar-refractivity contribution in [2.45, 2.75) is 19.3 Å². The molecule has 0 aliphatic carbocycles. The Labute approximate surface area is 199 Å². The normalized spacial score (nSPS) is 13.3. The van der Waals surface area contributed by atoms with E-state index in [4.69, 9.17) is 18.9 Å². The van der Waals surface area contributed by atoms with Gasteiger partial charge in [0, 0.05) is 59.7 Å². The van der Waals surface area contributed by atoms with E-state index in [0.29, 0.717) is 19.8 Å². The molecule has 0 radical (unpaired) electrons. The molecule has 1 heterocycles. The Bertz CT molecular complexity index is 659. The number of hydrogen-bond acceptors (Lipinski definition) is 9. The number of nitrogens with one attached hydrogen (secondary N) is 2. The Morgan fingerprint density at radius 1 is 0.853 bits per heavy atom. The van der Waals surface area contributed by atoms with E-state index in [0.717, 1.165) is 4.90 Å². The fourth-order valence-electron chi connectivity index (χ4n) is 2.91. The van der Waals surface area contributed by atoms with Gasteiger partial charge in [0.2, 0.25) is 29.5 Å². The largest absolute Gasteiger partial charge is 0.382 e. The molecule has 1 saturated heterocycles. The number of methoxy groups -OCH3 is 2. The van der Waals surface area contributed by atoms with Crippen molar-refractivity contribution in [3.8, 4) is 0 Å². The van der Waals surface area contributed by atoms with Crippen LogP contribution < -0.4 is 10.6 Å². The van der Waals surface area contributed by atoms with Crippen molar-refractivity contribution < 1.29 is 42.9 Å². The van der Waals surface area contributed by atoms with E-state index in [1.54, 1.807) is 7.11 Å². The van der Waals surface area contributed by atoms with E-state index < -0.39 is 5.91 Å². The second kappa shape index (κ2) is 17.8. The van der Waals surface area contributed by atoms with Crippen LogP contribution in [0.25, 0.3) is 0 Å². The van der Waals surface area contributed by atoms with Crippen molar-refractivity contribution in [1.82, 2.24) is 20.4 Å². The minimum absolute atomic E-state index is 0.000150. The molecule has 2 N–H and O–H groups in total. The highest BCUT2D eigenvalue weighted by molar-refractivity contribution is 6.02. The van der Waals surface area contributed by atoms with E-state index in [2.05, 4.69) is 10.6 Å². The molecule has 5 amide bonds. The van der Waals surface area contributed by atoms with Crippen LogP contribution >= 0.6 is 0 Å². The molecular weight excluding hydrogens is 452 g/mol. The summed E-state index contributed by atoms with van der Waals surface area (Å²) in [6.45, 7) is 1.83. The monoisotopic (exact) mass is 488 g/mol. The van der Waals surface area contributed by atoms with Crippen molar-refractivity contribution in [1.29, 1.82) is 0 Å². The number of carbonyl (C=O) groups is 5. The van der Waals surface area contributed by atoms with E-state index in [1.807, 2.05) is 0 Å². The van der Waals surface area contributed by atoms with Gasteiger partial charge < -0.3 is 34.5 Å². The molecule has 0 atom stereocenters. The van der Waals surface area contributed by atoms with Gasteiger partial charge in [-0.1, -0.05) is 0 Å². The average molecular weight is 489 g/mol. The van der Waals surface area contributed by atoms with Gasteiger partial charge in [-0.05, 0) is 0 Å². The molecule has 0 aromatic carbocycles. The van der Waals surface area contributed by atoms with Crippen molar-refractivity contribution in [3.63, 3.8) is 0 Å². The second-order valence-electron chi connectivity index (χ2n) is 7.35. The molecule has 194 valence electrons. The molecule has 0 aromatic rings. The van der Waals surface area contributed by atoms with Gasteiger partial charge in [-0.3, -0.25) is 28.9 Å². The van der Waals surface area contributed by atoms with E-state index in [9.17, 15) is 24.0 Å². The van der Waals surface area contributed by atoms with Gasteiger partial charge >= 0.3 is 0 Å². The molecule has 34 heavy (non-hydrogen) atoms. The van der Waals surface area contributed by atoms with Gasteiger partial charge in [0.25, 0.3) is 0 Å². The summed E-state index contributed by atoms with van der Waals surface area (Å²) < 4.78 is 20.4. The lowest BCUT2D eigenvalue weighted by molar-refractivity contribution is -0.141. The standard InChI is InChI=1S/C21H36N4O9/c1-31-11-13-33-10-9-24(21(30)16-34-14-12-32-2)15-18(27)23-7-6-22-17(26)5-8-25-19(28)3-4-20(25)29/h3-16H2,1-2H3,(H,22,26)(H,23,27). The lowest BCUT2D eigenvalue weighted by Crippen LogP contribution is -2.45. The van der Waals surface area contributed by atoms with E-state index >= 15 is 0 Å². The molecule has 0 unspecified atom stereocenters. The Morgan fingerprint density at radius 3 is 2.06 bits per heavy atom. The van der Waals surface area contributed by atoms with Crippen molar-refractivity contribution in [2.24, 2.45) is 0 Å². The van der Waals surface area contributed by atoms with Crippen LogP contribution in [0.5, 0.6) is 0 Å². The van der Waals surface area contributed by atoms with Gasteiger partial charge in [0.1, 0.15) is 6.61 Å². The minimum Gasteiger partial charge on any atom is -0.382 e. The fraction of sp³-hybridized carbons (Fsp3) is 0.762. The summed E-state index contributed by atoms with van der Waals surface area (Å²) >= 11 is 0. The first kappa shape index (κ1) is 29.4. The number of amides is 5. The highest BCUT2D eigenvalue weighted by Gasteiger charge is 2.28. The quantitative estimate of drug-likeness (QED) is 0.154. The first-order valence-electron chi connectivity index (χ1n) is 11.2. The maximum atomic E-state index is 12.4. The molecule has 13 heteroatoms. The maximum Gasteiger partial charge on any atom is 0.249 e. The molecule has 1 aliphatic heterocycles. The first-order valence-corrected chi connectivity index (χ1v) is 11.2. The highest BCUT2D eigenvalue weighted by Crippen LogP contribution is 2.11. The fourth-order valence-corrected chi connectivity index (χ4v) is 2.91. The van der Waals surface area contributed by atoms with E-state index in [1.165, 1.54) is 12.0 Å². The summed E-state index contributed by atoms with van der Waals surface area (Å²) in [5.41, 5.74) is 0. The third-order valence-electron chi connectivity index (χ3n) is 4.77. The topological polar surface area (TPSA) is 153 Å². The predicted octanol–water partition coefficient (Wildman–Crippen LogP) is -2.09. The molecule has 1 aliphatic rings. The summed E-state index contributed by atoms with van der Waals surface area (Å²) in [7, 11) is 3.08. The lowest BCUT2D eigenvalue weighted by atomic mass is 10.3. The Morgan fingerprint density at radius 2 is 1.44 bits per heavy atom. The van der Waals surface area contributed by atoms with Crippen LogP contribution in [-0.2, 0) is 42.9 Å². The Kier molecular flexibility index (Phi) is 15.4. The summed E-state index contributed by atoms with van der Waals surface area (Å²) in [6.07, 6.45) is 0.370. The van der Waals surface area contributed by atoms with Gasteiger partial charge in [0.15, 0.2) is 0 Å². The number of likely N-dealkylation sites (tertiary alicyclic amines) is 1. The number of ether oxygens (including phenoxy) is 4. The van der Waals surface area contributed by atoms with Crippen LogP contribution in [-0.4, -0.2) is 126 Å². The predicted molar refractivity (Wildman–Crippen MR) is 119 cm³/mol. The maximum absolute atomic E-state index is 12.4. The molecule has 1 fully saturated rings. The van der Waals surface area contributed by atoms with Gasteiger partial charge in [0.05, 0.1) is 39.6 Å². The summed E-state index contributed by atoms with van der Waals surface area (Å²) in [6, 6.07) is 0. The lowest BCUT2D eigenvalue weighted by Gasteiger charge is -2.22. The van der Waals surface area contributed by atoms with Crippen molar-refractivity contribution >= 4 is 29.5 Å². The zero-order valence-corrected chi connectivity index (χ0v) is 20.0. The number of imide groups is 1. The molecular formula is C21H36N4O9. The number of hydrogen-bond donors (Lipinski definition) is 2. The molecule has 1 rings (SSSR count). The van der Waals surface area contributed by atoms with Gasteiger partial charge in [-0.15, -0.1) is 0 Å². The third kappa shape index (κ3) is 12.6. The minimum atomic E-state index is -0.398. The number of rotatable bonds is 19. The van der Waals surface area contributed by atoms with Gasteiger partial charge in [-0.25, -0.2) is 0 Å². The van der Waals surface area contributed by atoms with Crippen LogP contribution in [0.1, 0.15) is 19.3 Å². The number of carbonyl (C=O) groups excluding carboxylic acids is 5. The average Bonchev–Trinajstić information content (AvgIpc) is 3.14. The Hall–Kier alpha value is -2.61. The molecule has 13 nitrogen and oxygen atoms in total. The van der Waals surface area contributed by atoms with Crippen LogP contribution in [0.15, 0.2) is 0 Å². The van der Waals surface area contributed by atoms with Gasteiger partial charge in [-0.2, -0.15) is 0 Å². The summed E-state index contributed by atoms with van der Waals surface area (Å²) in [5, 5.41) is 5.25. The number of nitrogens with zero attached hydrogens (tertiary/aromatic N) is 2. The molecule has 0 saturated carbocycles. The zero-order chi connectivity index (χ0) is 25.2. The SMILES string of the molecule is COCCOCCN(CC(=O)NCCNC(=O)CCN1C(=O)CCC1=O)C(=O)COCCOC. The summed E-state index contributed by atoms with van der Waals surface area (Å²) in [5.74, 6) is -1.62. The molecule has 0 bridgehead atoms. The van der Waals surface area contributed by atoms with Crippen LogP contribution in [0.4, 0.5) is 0 Å².